The zero-order chi connectivity index (χ0) is 15.1. The average molecular weight is 296 g/mol. The summed E-state index contributed by atoms with van der Waals surface area (Å²) in [5.74, 6) is 2.42. The predicted octanol–water partition coefficient (Wildman–Crippen LogP) is 2.24. The Labute approximate surface area is 130 Å². The molecule has 0 aromatic carbocycles. The third kappa shape index (κ3) is 2.40. The molecule has 5 nitrogen and oxygen atoms in total. The van der Waals surface area contributed by atoms with Crippen molar-refractivity contribution in [1.29, 1.82) is 0 Å². The molecule has 2 aromatic rings. The lowest BCUT2D eigenvalue weighted by Crippen LogP contribution is -2.49. The Morgan fingerprint density at radius 1 is 1.32 bits per heavy atom. The van der Waals surface area contributed by atoms with Crippen LogP contribution in [0.5, 0.6) is 0 Å². The molecule has 114 valence electrons. The molecule has 5 heteroatoms. The molecule has 1 saturated carbocycles. The first kappa shape index (κ1) is 13.5. The maximum absolute atomic E-state index is 12.3. The number of nitrogens with zero attached hydrogens (tertiary/aromatic N) is 4. The van der Waals surface area contributed by atoms with Crippen LogP contribution in [0.2, 0.25) is 0 Å². The van der Waals surface area contributed by atoms with Crippen LogP contribution >= 0.6 is 0 Å². The second-order valence-electron chi connectivity index (χ2n) is 6.46. The van der Waals surface area contributed by atoms with Gasteiger partial charge in [0, 0.05) is 43.9 Å². The molecule has 0 atom stereocenters. The van der Waals surface area contributed by atoms with Crippen molar-refractivity contribution >= 4 is 5.91 Å². The van der Waals surface area contributed by atoms with Crippen LogP contribution in [0.15, 0.2) is 30.7 Å². The Morgan fingerprint density at radius 3 is 2.82 bits per heavy atom. The number of carbonyl (C=O) groups excluding carboxylic acids is 1. The molecule has 0 N–H and O–H groups in total. The lowest BCUT2D eigenvalue weighted by molar-refractivity contribution is 0.0590. The second-order valence-corrected chi connectivity index (χ2v) is 6.46. The Balaban J connectivity index is 1.44. The van der Waals surface area contributed by atoms with Crippen molar-refractivity contribution in [2.45, 2.75) is 32.2 Å². The van der Waals surface area contributed by atoms with Gasteiger partial charge in [0.2, 0.25) is 0 Å². The summed E-state index contributed by atoms with van der Waals surface area (Å²) in [5.41, 5.74) is 1.90. The first-order valence-corrected chi connectivity index (χ1v) is 7.93. The van der Waals surface area contributed by atoms with E-state index in [-0.39, 0.29) is 5.91 Å². The van der Waals surface area contributed by atoms with Gasteiger partial charge < -0.3 is 9.47 Å². The van der Waals surface area contributed by atoms with E-state index in [0.717, 1.165) is 31.4 Å². The summed E-state index contributed by atoms with van der Waals surface area (Å²) in [4.78, 5) is 22.8. The predicted molar refractivity (Wildman–Crippen MR) is 82.6 cm³/mol. The summed E-state index contributed by atoms with van der Waals surface area (Å²) in [6, 6.07) is 3.62. The highest BCUT2D eigenvalue weighted by Crippen LogP contribution is 2.34. The summed E-state index contributed by atoms with van der Waals surface area (Å²) in [6.07, 6.45) is 7.96. The summed E-state index contributed by atoms with van der Waals surface area (Å²) in [5, 5.41) is 0. The summed E-state index contributed by atoms with van der Waals surface area (Å²) >= 11 is 0. The number of hydrogen-bond acceptors (Lipinski definition) is 3. The maximum atomic E-state index is 12.3. The van der Waals surface area contributed by atoms with E-state index >= 15 is 0 Å². The van der Waals surface area contributed by atoms with Gasteiger partial charge in [-0.05, 0) is 37.8 Å². The van der Waals surface area contributed by atoms with Crippen LogP contribution in [0.1, 0.15) is 40.6 Å². The van der Waals surface area contributed by atoms with E-state index < -0.39 is 0 Å². The monoisotopic (exact) mass is 296 g/mol. The van der Waals surface area contributed by atoms with Crippen molar-refractivity contribution in [3.05, 3.63) is 47.8 Å². The minimum atomic E-state index is 0.0707. The minimum absolute atomic E-state index is 0.0707. The van der Waals surface area contributed by atoms with Crippen LogP contribution in [-0.4, -0.2) is 38.4 Å². The van der Waals surface area contributed by atoms with Gasteiger partial charge in [0.05, 0.1) is 11.5 Å². The van der Waals surface area contributed by atoms with Gasteiger partial charge >= 0.3 is 0 Å². The van der Waals surface area contributed by atoms with E-state index in [2.05, 4.69) is 21.5 Å². The van der Waals surface area contributed by atoms with Gasteiger partial charge in [0.25, 0.3) is 5.91 Å². The Bertz CT molecular complexity index is 684. The van der Waals surface area contributed by atoms with Crippen LogP contribution in [0.25, 0.3) is 0 Å². The quantitative estimate of drug-likeness (QED) is 0.869. The molecule has 0 unspecified atom stereocenters. The smallest absolute Gasteiger partial charge is 0.255 e. The normalized spacial score (nSPS) is 18.3. The molecule has 2 aliphatic rings. The van der Waals surface area contributed by atoms with Gasteiger partial charge in [-0.2, -0.15) is 0 Å². The minimum Gasteiger partial charge on any atom is -0.337 e. The Hall–Kier alpha value is -2.17. The van der Waals surface area contributed by atoms with E-state index in [1.54, 1.807) is 18.5 Å². The first-order valence-electron chi connectivity index (χ1n) is 7.93. The zero-order valence-corrected chi connectivity index (χ0v) is 12.8. The van der Waals surface area contributed by atoms with Crippen LogP contribution in [0, 0.1) is 12.8 Å². The SMILES string of the molecule is Cc1cnc(C2CN(C(=O)c3cccnc3)C2)n1CC1CC1. The standard InChI is InChI=1S/C17H20N4O/c1-12-7-19-16(21(12)9-13-4-5-13)15-10-20(11-15)17(22)14-3-2-6-18-8-14/h2-3,6-8,13,15H,4-5,9-11H2,1H3. The second kappa shape index (κ2) is 5.23. The number of carbonyl (C=O) groups is 1. The lowest BCUT2D eigenvalue weighted by Gasteiger charge is -2.39. The number of amides is 1. The van der Waals surface area contributed by atoms with Crippen LogP contribution < -0.4 is 0 Å². The average Bonchev–Trinajstić information content (AvgIpc) is 3.25. The van der Waals surface area contributed by atoms with Gasteiger partial charge in [-0.25, -0.2) is 4.98 Å². The van der Waals surface area contributed by atoms with Crippen LogP contribution in [0.4, 0.5) is 0 Å². The number of aromatic nitrogens is 3. The van der Waals surface area contributed by atoms with E-state index in [1.807, 2.05) is 17.2 Å². The van der Waals surface area contributed by atoms with Crippen molar-refractivity contribution in [1.82, 2.24) is 19.4 Å². The number of rotatable bonds is 4. The Morgan fingerprint density at radius 2 is 2.14 bits per heavy atom. The fourth-order valence-corrected chi connectivity index (χ4v) is 3.08. The summed E-state index contributed by atoms with van der Waals surface area (Å²) in [6.45, 7) is 4.73. The molecule has 2 aromatic heterocycles. The molecule has 1 aliphatic carbocycles. The highest BCUT2D eigenvalue weighted by atomic mass is 16.2. The van der Waals surface area contributed by atoms with Crippen molar-refractivity contribution < 1.29 is 4.79 Å². The number of imidazole rings is 1. The molecule has 1 saturated heterocycles. The van der Waals surface area contributed by atoms with Crippen molar-refractivity contribution in [2.75, 3.05) is 13.1 Å². The first-order chi connectivity index (χ1) is 10.7. The fourth-order valence-electron chi connectivity index (χ4n) is 3.08. The highest BCUT2D eigenvalue weighted by Gasteiger charge is 2.36. The van der Waals surface area contributed by atoms with E-state index in [0.29, 0.717) is 11.5 Å². The molecule has 0 radical (unpaired) electrons. The zero-order valence-electron chi connectivity index (χ0n) is 12.8. The number of aryl methyl sites for hydroxylation is 1. The van der Waals surface area contributed by atoms with Crippen LogP contribution in [-0.2, 0) is 6.54 Å². The molecule has 1 amide bonds. The number of hydrogen-bond donors (Lipinski definition) is 0. The molecule has 0 bridgehead atoms. The summed E-state index contributed by atoms with van der Waals surface area (Å²) in [7, 11) is 0. The van der Waals surface area contributed by atoms with E-state index in [9.17, 15) is 4.79 Å². The highest BCUT2D eigenvalue weighted by molar-refractivity contribution is 5.94. The largest absolute Gasteiger partial charge is 0.337 e. The third-order valence-corrected chi connectivity index (χ3v) is 4.67. The van der Waals surface area contributed by atoms with Crippen molar-refractivity contribution in [3.63, 3.8) is 0 Å². The molecular formula is C17H20N4O. The molecule has 2 fully saturated rings. The van der Waals surface area contributed by atoms with Crippen LogP contribution in [0.3, 0.4) is 0 Å². The van der Waals surface area contributed by atoms with Gasteiger partial charge in [-0.3, -0.25) is 9.78 Å². The molecule has 0 spiro atoms. The van der Waals surface area contributed by atoms with E-state index in [4.69, 9.17) is 0 Å². The van der Waals surface area contributed by atoms with Gasteiger partial charge in [-0.1, -0.05) is 0 Å². The molecule has 4 rings (SSSR count). The molecule has 3 heterocycles. The number of likely N-dealkylation sites (tertiary alicyclic amines) is 1. The molecular weight excluding hydrogens is 276 g/mol. The van der Waals surface area contributed by atoms with Crippen molar-refractivity contribution in [3.8, 4) is 0 Å². The topological polar surface area (TPSA) is 51.0 Å². The Kier molecular flexibility index (Phi) is 3.21. The maximum Gasteiger partial charge on any atom is 0.255 e. The van der Waals surface area contributed by atoms with Gasteiger partial charge in [0.1, 0.15) is 5.82 Å². The van der Waals surface area contributed by atoms with E-state index in [1.165, 1.54) is 18.5 Å². The van der Waals surface area contributed by atoms with Crippen molar-refractivity contribution in [2.24, 2.45) is 5.92 Å². The van der Waals surface area contributed by atoms with Gasteiger partial charge in [0.15, 0.2) is 0 Å². The van der Waals surface area contributed by atoms with Gasteiger partial charge in [-0.15, -0.1) is 0 Å². The molecule has 22 heavy (non-hydrogen) atoms. The third-order valence-electron chi connectivity index (χ3n) is 4.67. The lowest BCUT2D eigenvalue weighted by atomic mass is 9.98. The number of pyridine rings is 1. The molecule has 1 aliphatic heterocycles. The summed E-state index contributed by atoms with van der Waals surface area (Å²) < 4.78 is 2.36. The fraction of sp³-hybridized carbons (Fsp3) is 0.471.